The van der Waals surface area contributed by atoms with E-state index in [4.69, 9.17) is 4.42 Å². The predicted octanol–water partition coefficient (Wildman–Crippen LogP) is 4.88. The van der Waals surface area contributed by atoms with Gasteiger partial charge in [-0.15, -0.1) is 10.2 Å². The fourth-order valence-electron chi connectivity index (χ4n) is 3.64. The number of carbonyl (C=O) groups excluding carboxylic acids is 1. The van der Waals surface area contributed by atoms with E-state index in [-0.39, 0.29) is 29.2 Å². The highest BCUT2D eigenvalue weighted by Gasteiger charge is 2.21. The number of carbonyl (C=O) groups is 1. The summed E-state index contributed by atoms with van der Waals surface area (Å²) < 4.78 is 19.0. The largest absolute Gasteiger partial charge is 0.504 e. The third-order valence-electron chi connectivity index (χ3n) is 5.49. The van der Waals surface area contributed by atoms with Crippen LogP contribution in [-0.2, 0) is 6.42 Å². The Bertz CT molecular complexity index is 1550. The summed E-state index contributed by atoms with van der Waals surface area (Å²) in [5.41, 5.74) is 3.14. The molecule has 36 heavy (non-hydrogen) atoms. The summed E-state index contributed by atoms with van der Waals surface area (Å²) in [7, 11) is 3.32. The quantitative estimate of drug-likeness (QED) is 0.365. The SMILES string of the molecule is CN(C)C(=O)Nc1ccc(-c2nc(-c3nnc(Cc4ccc(F)cc4)o3)c(O)c3ncccc23)cc1. The Morgan fingerprint density at radius 2 is 1.78 bits per heavy atom. The molecule has 0 aliphatic carbocycles. The lowest BCUT2D eigenvalue weighted by Gasteiger charge is -2.13. The highest BCUT2D eigenvalue weighted by molar-refractivity contribution is 5.99. The molecule has 0 saturated carbocycles. The van der Waals surface area contributed by atoms with Crippen molar-refractivity contribution < 1.29 is 18.7 Å². The number of pyridine rings is 2. The van der Waals surface area contributed by atoms with Crippen LogP contribution in [0.4, 0.5) is 14.9 Å². The molecule has 5 rings (SSSR count). The zero-order chi connectivity index (χ0) is 25.2. The van der Waals surface area contributed by atoms with E-state index in [1.165, 1.54) is 17.0 Å². The number of rotatable bonds is 5. The van der Waals surface area contributed by atoms with Crippen LogP contribution in [0, 0.1) is 5.82 Å². The number of anilines is 1. The Labute approximate surface area is 205 Å². The van der Waals surface area contributed by atoms with Crippen LogP contribution in [0.3, 0.4) is 0 Å². The van der Waals surface area contributed by atoms with E-state index in [9.17, 15) is 14.3 Å². The fraction of sp³-hybridized carbons (Fsp3) is 0.115. The third-order valence-corrected chi connectivity index (χ3v) is 5.49. The minimum absolute atomic E-state index is 0.0354. The maximum atomic E-state index is 13.2. The van der Waals surface area contributed by atoms with Gasteiger partial charge in [0, 0.05) is 36.9 Å². The molecule has 5 aromatic rings. The molecule has 3 aromatic heterocycles. The van der Waals surface area contributed by atoms with E-state index in [0.717, 1.165) is 11.1 Å². The summed E-state index contributed by atoms with van der Waals surface area (Å²) in [6.07, 6.45) is 1.87. The second-order valence-corrected chi connectivity index (χ2v) is 8.26. The van der Waals surface area contributed by atoms with Gasteiger partial charge in [0.05, 0.1) is 12.1 Å². The number of nitrogens with zero attached hydrogens (tertiary/aromatic N) is 5. The number of hydrogen-bond donors (Lipinski definition) is 2. The molecule has 0 aliphatic heterocycles. The van der Waals surface area contributed by atoms with Crippen LogP contribution in [0.15, 0.2) is 71.3 Å². The van der Waals surface area contributed by atoms with Crippen molar-refractivity contribution in [3.8, 4) is 28.6 Å². The normalized spacial score (nSPS) is 11.0. The topological polar surface area (TPSA) is 117 Å². The average molecular weight is 484 g/mol. The average Bonchev–Trinajstić information content (AvgIpc) is 3.34. The van der Waals surface area contributed by atoms with Gasteiger partial charge in [-0.2, -0.15) is 0 Å². The minimum atomic E-state index is -0.330. The van der Waals surface area contributed by atoms with Gasteiger partial charge >= 0.3 is 6.03 Å². The second kappa shape index (κ2) is 9.41. The highest BCUT2D eigenvalue weighted by Crippen LogP contribution is 2.38. The molecule has 2 amide bonds. The van der Waals surface area contributed by atoms with Crippen molar-refractivity contribution in [1.29, 1.82) is 0 Å². The molecular formula is C26H21FN6O3. The number of urea groups is 1. The predicted molar refractivity (Wildman–Crippen MR) is 132 cm³/mol. The Kier molecular flexibility index (Phi) is 5.99. The van der Waals surface area contributed by atoms with Crippen molar-refractivity contribution in [3.63, 3.8) is 0 Å². The van der Waals surface area contributed by atoms with Crippen molar-refractivity contribution >= 4 is 22.6 Å². The van der Waals surface area contributed by atoms with Gasteiger partial charge in [-0.3, -0.25) is 4.98 Å². The van der Waals surface area contributed by atoms with E-state index in [0.29, 0.717) is 34.6 Å². The lowest BCUT2D eigenvalue weighted by Crippen LogP contribution is -2.27. The van der Waals surface area contributed by atoms with Gasteiger partial charge in [0.1, 0.15) is 11.3 Å². The molecule has 0 aliphatic rings. The van der Waals surface area contributed by atoms with E-state index >= 15 is 0 Å². The van der Waals surface area contributed by atoms with Crippen LogP contribution in [-0.4, -0.2) is 50.3 Å². The van der Waals surface area contributed by atoms with Gasteiger partial charge < -0.3 is 19.7 Å². The Morgan fingerprint density at radius 1 is 1.03 bits per heavy atom. The summed E-state index contributed by atoms with van der Waals surface area (Å²) >= 11 is 0. The number of aromatic nitrogens is 4. The third kappa shape index (κ3) is 4.56. The molecular weight excluding hydrogens is 463 g/mol. The summed E-state index contributed by atoms with van der Waals surface area (Å²) in [6, 6.07) is 16.5. The lowest BCUT2D eigenvalue weighted by molar-refractivity contribution is 0.230. The first-order chi connectivity index (χ1) is 17.4. The van der Waals surface area contributed by atoms with Crippen LogP contribution in [0.5, 0.6) is 5.75 Å². The molecule has 0 unspecified atom stereocenters. The van der Waals surface area contributed by atoms with E-state index in [2.05, 4.69) is 25.5 Å². The van der Waals surface area contributed by atoms with Gasteiger partial charge in [0.15, 0.2) is 11.4 Å². The first-order valence-corrected chi connectivity index (χ1v) is 11.0. The van der Waals surface area contributed by atoms with Gasteiger partial charge in [0.25, 0.3) is 5.89 Å². The fourth-order valence-corrected chi connectivity index (χ4v) is 3.64. The van der Waals surface area contributed by atoms with Crippen LogP contribution in [0.1, 0.15) is 11.5 Å². The zero-order valence-corrected chi connectivity index (χ0v) is 19.4. The lowest BCUT2D eigenvalue weighted by atomic mass is 10.0. The summed E-state index contributed by atoms with van der Waals surface area (Å²) in [5.74, 6) is -0.181. The molecule has 10 heteroatoms. The number of aromatic hydroxyl groups is 1. The monoisotopic (exact) mass is 484 g/mol. The van der Waals surface area contributed by atoms with E-state index in [1.54, 1.807) is 50.6 Å². The number of nitrogens with one attached hydrogen (secondary N) is 1. The highest BCUT2D eigenvalue weighted by atomic mass is 19.1. The van der Waals surface area contributed by atoms with Crippen molar-refractivity contribution in [2.24, 2.45) is 0 Å². The van der Waals surface area contributed by atoms with Gasteiger partial charge in [-0.1, -0.05) is 24.3 Å². The number of fused-ring (bicyclic) bond motifs is 1. The number of hydrogen-bond acceptors (Lipinski definition) is 7. The number of halogens is 1. The molecule has 180 valence electrons. The van der Waals surface area contributed by atoms with E-state index < -0.39 is 0 Å². The van der Waals surface area contributed by atoms with Crippen LogP contribution >= 0.6 is 0 Å². The van der Waals surface area contributed by atoms with Gasteiger partial charge in [0.2, 0.25) is 5.89 Å². The molecule has 3 heterocycles. The van der Waals surface area contributed by atoms with Crippen molar-refractivity contribution in [3.05, 3.63) is 84.1 Å². The number of amides is 2. The molecule has 0 fully saturated rings. The summed E-state index contributed by atoms with van der Waals surface area (Å²) in [5, 5.41) is 22.5. The first-order valence-electron chi connectivity index (χ1n) is 11.0. The van der Waals surface area contributed by atoms with Crippen LogP contribution in [0.25, 0.3) is 33.7 Å². The smallest absolute Gasteiger partial charge is 0.321 e. The van der Waals surface area contributed by atoms with E-state index in [1.807, 2.05) is 18.2 Å². The molecule has 9 nitrogen and oxygen atoms in total. The number of benzene rings is 2. The zero-order valence-electron chi connectivity index (χ0n) is 19.4. The molecule has 0 spiro atoms. The molecule has 0 atom stereocenters. The van der Waals surface area contributed by atoms with Crippen molar-refractivity contribution in [1.82, 2.24) is 25.1 Å². The minimum Gasteiger partial charge on any atom is -0.504 e. The van der Waals surface area contributed by atoms with Crippen molar-refractivity contribution in [2.45, 2.75) is 6.42 Å². The maximum Gasteiger partial charge on any atom is 0.321 e. The summed E-state index contributed by atoms with van der Waals surface area (Å²) in [6.45, 7) is 0. The molecule has 2 N–H and O–H groups in total. The molecule has 2 aromatic carbocycles. The molecule has 0 radical (unpaired) electrons. The standard InChI is InChI=1S/C26H21FN6O3/c1-33(2)26(35)29-18-11-7-16(8-12-18)21-19-4-3-13-28-22(19)24(34)23(30-21)25-32-31-20(36-25)14-15-5-9-17(27)10-6-15/h3-13,34H,14H2,1-2H3,(H,29,35). The Balaban J connectivity index is 1.52. The Hall–Kier alpha value is -4.86. The van der Waals surface area contributed by atoms with Crippen LogP contribution < -0.4 is 5.32 Å². The van der Waals surface area contributed by atoms with Gasteiger partial charge in [-0.25, -0.2) is 14.2 Å². The maximum absolute atomic E-state index is 13.2. The van der Waals surface area contributed by atoms with Crippen LogP contribution in [0.2, 0.25) is 0 Å². The second-order valence-electron chi connectivity index (χ2n) is 8.26. The summed E-state index contributed by atoms with van der Waals surface area (Å²) in [4.78, 5) is 22.4. The molecule has 0 bridgehead atoms. The van der Waals surface area contributed by atoms with Gasteiger partial charge in [-0.05, 0) is 42.0 Å². The first kappa shape index (κ1) is 22.9. The van der Waals surface area contributed by atoms with Crippen molar-refractivity contribution in [2.75, 3.05) is 19.4 Å². The Morgan fingerprint density at radius 3 is 2.50 bits per heavy atom. The molecule has 0 saturated heterocycles.